The minimum absolute atomic E-state index is 0.0365. The Morgan fingerprint density at radius 1 is 1.73 bits per heavy atom. The van der Waals surface area contributed by atoms with Gasteiger partial charge in [0, 0.05) is 0 Å². The highest BCUT2D eigenvalue weighted by atomic mass is 79.9. The molecule has 58 valence electrons. The summed E-state index contributed by atoms with van der Waals surface area (Å²) < 4.78 is 0.444. The van der Waals surface area contributed by atoms with Gasteiger partial charge in [0.25, 0.3) is 5.88 Å². The summed E-state index contributed by atoms with van der Waals surface area (Å²) in [6, 6.07) is 0. The van der Waals surface area contributed by atoms with E-state index >= 15 is 0 Å². The van der Waals surface area contributed by atoms with Crippen molar-refractivity contribution in [3.8, 4) is 5.88 Å². The quantitative estimate of drug-likeness (QED) is 0.709. The van der Waals surface area contributed by atoms with E-state index in [0.29, 0.717) is 11.0 Å². The Labute approximate surface area is 70.6 Å². The van der Waals surface area contributed by atoms with Gasteiger partial charge in [-0.2, -0.15) is 0 Å². The van der Waals surface area contributed by atoms with Crippen molar-refractivity contribution >= 4 is 28.2 Å². The third-order valence-electron chi connectivity index (χ3n) is 0.919. The minimum Gasteiger partial charge on any atom is -0.491 e. The van der Waals surface area contributed by atoms with Gasteiger partial charge in [-0.15, -0.1) is 0 Å². The fourth-order valence-corrected chi connectivity index (χ4v) is 0.794. The molecule has 5 nitrogen and oxygen atoms in total. The van der Waals surface area contributed by atoms with Crippen LogP contribution in [0.15, 0.2) is 10.8 Å². The fourth-order valence-electron chi connectivity index (χ4n) is 0.514. The minimum atomic E-state index is -0.305. The summed E-state index contributed by atoms with van der Waals surface area (Å²) in [6.45, 7) is 0. The smallest absolute Gasteiger partial charge is 0.255 e. The number of halogens is 1. The molecular weight excluding hydrogens is 214 g/mol. The van der Waals surface area contributed by atoms with E-state index in [1.54, 1.807) is 0 Å². The fraction of sp³-hybridized carbons (Fsp3) is 0. The second-order valence-electron chi connectivity index (χ2n) is 1.63. The van der Waals surface area contributed by atoms with Crippen molar-refractivity contribution in [2.24, 2.45) is 0 Å². The van der Waals surface area contributed by atoms with Crippen molar-refractivity contribution < 1.29 is 9.90 Å². The van der Waals surface area contributed by atoms with Gasteiger partial charge in [-0.05, 0) is 15.9 Å². The Kier molecular flexibility index (Phi) is 2.37. The SMILES string of the molecule is O=CNc1nc(Br)cnc1O. The monoisotopic (exact) mass is 217 g/mol. The van der Waals surface area contributed by atoms with E-state index in [4.69, 9.17) is 5.11 Å². The van der Waals surface area contributed by atoms with Crippen LogP contribution in [0.1, 0.15) is 0 Å². The number of rotatable bonds is 2. The molecule has 0 saturated heterocycles. The Morgan fingerprint density at radius 2 is 2.45 bits per heavy atom. The van der Waals surface area contributed by atoms with Crippen molar-refractivity contribution in [2.75, 3.05) is 5.32 Å². The zero-order chi connectivity index (χ0) is 8.27. The van der Waals surface area contributed by atoms with Gasteiger partial charge >= 0.3 is 0 Å². The normalized spacial score (nSPS) is 9.18. The number of hydrogen-bond acceptors (Lipinski definition) is 4. The lowest BCUT2D eigenvalue weighted by molar-refractivity contribution is -0.105. The molecule has 0 spiro atoms. The van der Waals surface area contributed by atoms with Crippen LogP contribution in [0.5, 0.6) is 5.88 Å². The number of aromatic nitrogens is 2. The lowest BCUT2D eigenvalue weighted by Gasteiger charge is -1.98. The first-order chi connectivity index (χ1) is 5.24. The summed E-state index contributed by atoms with van der Waals surface area (Å²) in [5.74, 6) is -0.269. The van der Waals surface area contributed by atoms with E-state index in [2.05, 4.69) is 31.2 Å². The summed E-state index contributed by atoms with van der Waals surface area (Å²) in [6.07, 6.45) is 1.74. The Hall–Kier alpha value is -1.17. The molecule has 0 atom stereocenters. The maximum atomic E-state index is 9.93. The van der Waals surface area contributed by atoms with Crippen LogP contribution in [0.2, 0.25) is 0 Å². The van der Waals surface area contributed by atoms with Crippen LogP contribution in [-0.4, -0.2) is 21.5 Å². The third-order valence-corrected chi connectivity index (χ3v) is 1.30. The zero-order valence-electron chi connectivity index (χ0n) is 5.28. The molecule has 0 bridgehead atoms. The number of amides is 1. The van der Waals surface area contributed by atoms with E-state index < -0.39 is 0 Å². The molecule has 6 heteroatoms. The van der Waals surface area contributed by atoms with Crippen molar-refractivity contribution in [1.29, 1.82) is 0 Å². The topological polar surface area (TPSA) is 75.1 Å². The van der Waals surface area contributed by atoms with Gasteiger partial charge in [-0.25, -0.2) is 9.97 Å². The molecule has 0 unspecified atom stereocenters. The molecule has 0 aliphatic carbocycles. The Balaban J connectivity index is 3.01. The van der Waals surface area contributed by atoms with Gasteiger partial charge in [-0.3, -0.25) is 4.79 Å². The average Bonchev–Trinajstić information content (AvgIpc) is 1.98. The zero-order valence-corrected chi connectivity index (χ0v) is 6.87. The summed E-state index contributed by atoms with van der Waals surface area (Å²) in [5.41, 5.74) is 0. The summed E-state index contributed by atoms with van der Waals surface area (Å²) in [5, 5.41) is 11.1. The highest BCUT2D eigenvalue weighted by Gasteiger charge is 2.02. The van der Waals surface area contributed by atoms with Gasteiger partial charge in [0.2, 0.25) is 6.41 Å². The maximum Gasteiger partial charge on any atom is 0.255 e. The van der Waals surface area contributed by atoms with E-state index in [1.165, 1.54) is 6.20 Å². The number of nitrogens with zero attached hydrogens (tertiary/aromatic N) is 2. The highest BCUT2D eigenvalue weighted by molar-refractivity contribution is 9.10. The lowest BCUT2D eigenvalue weighted by Crippen LogP contribution is -1.98. The predicted molar refractivity (Wildman–Crippen MR) is 41.1 cm³/mol. The lowest BCUT2D eigenvalue weighted by atomic mass is 10.6. The van der Waals surface area contributed by atoms with Gasteiger partial charge < -0.3 is 10.4 Å². The molecule has 1 rings (SSSR count). The summed E-state index contributed by atoms with van der Waals surface area (Å²) in [7, 11) is 0. The van der Waals surface area contributed by atoms with Crippen molar-refractivity contribution in [3.05, 3.63) is 10.8 Å². The number of carbonyl (C=O) groups excluding carboxylic acids is 1. The molecular formula is C5H4BrN3O2. The molecule has 1 aromatic heterocycles. The molecule has 0 aliphatic rings. The number of nitrogens with one attached hydrogen (secondary N) is 1. The van der Waals surface area contributed by atoms with Crippen LogP contribution in [0.4, 0.5) is 5.82 Å². The second-order valence-corrected chi connectivity index (χ2v) is 2.44. The predicted octanol–water partition coefficient (Wildman–Crippen LogP) is 0.513. The van der Waals surface area contributed by atoms with Crippen LogP contribution in [-0.2, 0) is 4.79 Å². The molecule has 0 radical (unpaired) electrons. The molecule has 0 aliphatic heterocycles. The molecule has 2 N–H and O–H groups in total. The third kappa shape index (κ3) is 1.87. The second kappa shape index (κ2) is 3.29. The van der Waals surface area contributed by atoms with Gasteiger partial charge in [0.1, 0.15) is 4.60 Å². The van der Waals surface area contributed by atoms with Crippen LogP contribution in [0.3, 0.4) is 0 Å². The first-order valence-corrected chi connectivity index (χ1v) is 3.45. The Bertz CT molecular complexity index is 278. The number of anilines is 1. The molecule has 1 aromatic rings. The van der Waals surface area contributed by atoms with E-state index in [1.807, 2.05) is 0 Å². The van der Waals surface area contributed by atoms with Crippen LogP contribution < -0.4 is 5.32 Å². The number of hydrogen-bond donors (Lipinski definition) is 2. The van der Waals surface area contributed by atoms with E-state index in [-0.39, 0.29) is 11.7 Å². The van der Waals surface area contributed by atoms with Gasteiger partial charge in [0.05, 0.1) is 6.20 Å². The summed E-state index contributed by atoms with van der Waals surface area (Å²) in [4.78, 5) is 17.2. The molecule has 1 amide bonds. The first-order valence-electron chi connectivity index (χ1n) is 2.65. The van der Waals surface area contributed by atoms with E-state index in [9.17, 15) is 4.79 Å². The van der Waals surface area contributed by atoms with Crippen molar-refractivity contribution in [3.63, 3.8) is 0 Å². The molecule has 11 heavy (non-hydrogen) atoms. The number of aromatic hydroxyl groups is 1. The molecule has 0 aromatic carbocycles. The number of carbonyl (C=O) groups is 1. The standard InChI is InChI=1S/C5H4BrN3O2/c6-3-1-7-5(11)4(9-3)8-2-10/h1-2H,(H,7,11)(H,8,9,10). The Morgan fingerprint density at radius 3 is 3.09 bits per heavy atom. The molecule has 0 saturated carbocycles. The summed E-state index contributed by atoms with van der Waals surface area (Å²) >= 11 is 3.03. The average molecular weight is 218 g/mol. The first kappa shape index (κ1) is 7.93. The van der Waals surface area contributed by atoms with Crippen LogP contribution in [0.25, 0.3) is 0 Å². The largest absolute Gasteiger partial charge is 0.491 e. The van der Waals surface area contributed by atoms with Gasteiger partial charge in [0.15, 0.2) is 5.82 Å². The highest BCUT2D eigenvalue weighted by Crippen LogP contribution is 2.18. The van der Waals surface area contributed by atoms with Crippen molar-refractivity contribution in [2.45, 2.75) is 0 Å². The van der Waals surface area contributed by atoms with Crippen molar-refractivity contribution in [1.82, 2.24) is 9.97 Å². The molecule has 0 fully saturated rings. The van der Waals surface area contributed by atoms with Crippen LogP contribution in [0, 0.1) is 0 Å². The van der Waals surface area contributed by atoms with E-state index in [0.717, 1.165) is 0 Å². The van der Waals surface area contributed by atoms with Gasteiger partial charge in [-0.1, -0.05) is 0 Å². The molecule has 1 heterocycles. The maximum absolute atomic E-state index is 9.93. The van der Waals surface area contributed by atoms with Crippen LogP contribution >= 0.6 is 15.9 Å².